The third kappa shape index (κ3) is 6.60. The van der Waals surface area contributed by atoms with Gasteiger partial charge in [-0.2, -0.15) is 0 Å². The van der Waals surface area contributed by atoms with Crippen LogP contribution >= 0.6 is 0 Å². The molecule has 0 spiro atoms. The van der Waals surface area contributed by atoms with Crippen molar-refractivity contribution in [2.24, 2.45) is 0 Å². The van der Waals surface area contributed by atoms with Gasteiger partial charge in [0.2, 0.25) is 0 Å². The van der Waals surface area contributed by atoms with Crippen molar-refractivity contribution >= 4 is 0 Å². The average Bonchev–Trinajstić information content (AvgIpc) is 1.76. The van der Waals surface area contributed by atoms with Crippen molar-refractivity contribution in [1.82, 2.24) is 15.4 Å². The molecule has 1 aromatic heterocycles. The number of rotatable bonds is 0. The van der Waals surface area contributed by atoms with Crippen molar-refractivity contribution < 1.29 is 51.0 Å². The Kier molecular flexibility index (Phi) is 20.9. The van der Waals surface area contributed by atoms with E-state index < -0.39 is 0 Å². The largest absolute Gasteiger partial charge is 3.00 e. The van der Waals surface area contributed by atoms with Crippen LogP contribution in [0.3, 0.4) is 0 Å². The molecule has 1 rings (SSSR count). The van der Waals surface area contributed by atoms with Gasteiger partial charge >= 0.3 is 26.2 Å². The van der Waals surface area contributed by atoms with Crippen LogP contribution in [0.1, 0.15) is 0 Å². The molecule has 43 valence electrons. The van der Waals surface area contributed by atoms with Gasteiger partial charge in [-0.25, -0.2) is 0 Å². The van der Waals surface area contributed by atoms with E-state index in [-0.39, 0.29) is 51.0 Å². The van der Waals surface area contributed by atoms with Gasteiger partial charge in [-0.3, -0.25) is 0 Å². The molecule has 1 radical (unpaired) electrons. The monoisotopic (exact) mass is 228 g/mol. The van der Waals surface area contributed by atoms with Gasteiger partial charge in [0.15, 0.2) is 0 Å². The Hall–Kier alpha value is 0.603. The van der Waals surface area contributed by atoms with Gasteiger partial charge in [-0.15, -0.1) is 11.4 Å². The van der Waals surface area contributed by atoms with E-state index in [0.717, 1.165) is 0 Å². The Labute approximate surface area is 78.6 Å². The minimum Gasteiger partial charge on any atom is -1.00 e. The van der Waals surface area contributed by atoms with Crippen molar-refractivity contribution in [3.63, 3.8) is 0 Å². The molecule has 3 nitrogen and oxygen atoms in total. The van der Waals surface area contributed by atoms with Crippen LogP contribution in [0.4, 0.5) is 0 Å². The molecule has 6 heteroatoms. The minimum atomic E-state index is 0. The molecule has 0 unspecified atom stereocenters. The molecule has 0 atom stereocenters. The molecular formula is C2H2Cl2N3Zr. The Balaban J connectivity index is -0.0000000833. The van der Waals surface area contributed by atoms with Gasteiger partial charge in [0.05, 0.1) is 0 Å². The Morgan fingerprint density at radius 1 is 1.38 bits per heavy atom. The number of aromatic amines is 1. The number of nitrogens with one attached hydrogen (secondary N) is 1. The van der Waals surface area contributed by atoms with E-state index >= 15 is 0 Å². The van der Waals surface area contributed by atoms with Crippen LogP contribution in [-0.4, -0.2) is 15.4 Å². The van der Waals surface area contributed by atoms with Crippen LogP contribution in [0, 0.1) is 6.20 Å². The second-order valence-corrected chi connectivity index (χ2v) is 0.603. The summed E-state index contributed by atoms with van der Waals surface area (Å²) in [7, 11) is 0. The summed E-state index contributed by atoms with van der Waals surface area (Å²) in [6.07, 6.45) is 3.97. The number of H-pyrrole nitrogens is 1. The third-order valence-corrected chi connectivity index (χ3v) is 0.295. The van der Waals surface area contributed by atoms with Gasteiger partial charge in [0, 0.05) is 0 Å². The van der Waals surface area contributed by atoms with Crippen LogP contribution in [0.2, 0.25) is 0 Å². The van der Waals surface area contributed by atoms with Crippen LogP contribution in [0.5, 0.6) is 0 Å². The van der Waals surface area contributed by atoms with E-state index in [0.29, 0.717) is 0 Å². The van der Waals surface area contributed by atoms with Crippen molar-refractivity contribution in [3.05, 3.63) is 12.4 Å². The molecular weight excluding hydrogens is 228 g/mol. The van der Waals surface area contributed by atoms with Gasteiger partial charge in [0.25, 0.3) is 0 Å². The summed E-state index contributed by atoms with van der Waals surface area (Å²) in [5, 5.41) is 9.03. The molecule has 0 saturated heterocycles. The van der Waals surface area contributed by atoms with E-state index in [1.807, 2.05) is 0 Å². The second-order valence-electron chi connectivity index (χ2n) is 0.603. The number of hydrogen-bond donors (Lipinski definition) is 1. The zero-order valence-electron chi connectivity index (χ0n) is 3.73. The first kappa shape index (κ1) is 15.8. The topological polar surface area (TPSA) is 41.6 Å². The predicted molar refractivity (Wildman–Crippen MR) is 15.2 cm³/mol. The third-order valence-electron chi connectivity index (χ3n) is 0.295. The fraction of sp³-hybridized carbons (Fsp3) is 0. The quantitative estimate of drug-likeness (QED) is 0.450. The van der Waals surface area contributed by atoms with Crippen LogP contribution in [0.15, 0.2) is 6.20 Å². The first-order chi connectivity index (χ1) is 2.50. The molecule has 0 aromatic carbocycles. The van der Waals surface area contributed by atoms with E-state index in [1.165, 1.54) is 6.20 Å². The number of halogens is 2. The number of nitrogens with zero attached hydrogens (tertiary/aromatic N) is 2. The summed E-state index contributed by atoms with van der Waals surface area (Å²) in [4.78, 5) is 0. The predicted octanol–water partition coefficient (Wildman–Crippen LogP) is -6.39. The van der Waals surface area contributed by atoms with E-state index in [4.69, 9.17) is 0 Å². The fourth-order valence-electron chi connectivity index (χ4n) is 0.144. The number of aromatic nitrogens is 3. The molecule has 1 heterocycles. The number of hydrogen-bond acceptors (Lipinski definition) is 2. The SMILES string of the molecule is [Cl-].[Cl-].[Zr+3].[c-]1c[nH]nn1. The summed E-state index contributed by atoms with van der Waals surface area (Å²) >= 11 is 0. The summed E-state index contributed by atoms with van der Waals surface area (Å²) in [6.45, 7) is 0. The summed E-state index contributed by atoms with van der Waals surface area (Å²) < 4.78 is 0. The van der Waals surface area contributed by atoms with Crippen LogP contribution in [-0.2, 0) is 26.2 Å². The molecule has 8 heavy (non-hydrogen) atoms. The van der Waals surface area contributed by atoms with E-state index in [1.54, 1.807) is 0 Å². The van der Waals surface area contributed by atoms with E-state index in [9.17, 15) is 0 Å². The first-order valence-electron chi connectivity index (χ1n) is 1.22. The molecule has 1 aromatic rings. The molecule has 0 aliphatic heterocycles. The summed E-state index contributed by atoms with van der Waals surface area (Å²) in [5.41, 5.74) is 0. The molecule has 0 fully saturated rings. The Morgan fingerprint density at radius 2 is 2.00 bits per heavy atom. The Morgan fingerprint density at radius 3 is 2.12 bits per heavy atom. The smallest absolute Gasteiger partial charge is 1.00 e. The van der Waals surface area contributed by atoms with Gasteiger partial charge < -0.3 is 41.2 Å². The van der Waals surface area contributed by atoms with Crippen molar-refractivity contribution in [2.45, 2.75) is 0 Å². The molecule has 0 aliphatic carbocycles. The zero-order valence-corrected chi connectivity index (χ0v) is 7.70. The molecule has 0 bridgehead atoms. The summed E-state index contributed by atoms with van der Waals surface area (Å²) in [6, 6.07) is 0. The second kappa shape index (κ2) is 10.6. The first-order valence-corrected chi connectivity index (χ1v) is 1.22. The van der Waals surface area contributed by atoms with Crippen molar-refractivity contribution in [2.75, 3.05) is 0 Å². The van der Waals surface area contributed by atoms with Crippen LogP contribution < -0.4 is 24.8 Å². The minimum absolute atomic E-state index is 0. The zero-order chi connectivity index (χ0) is 3.54. The Bertz CT molecular complexity index is 71.8. The van der Waals surface area contributed by atoms with Crippen molar-refractivity contribution in [1.29, 1.82) is 0 Å². The van der Waals surface area contributed by atoms with Gasteiger partial charge in [-0.1, -0.05) is 0 Å². The molecule has 1 N–H and O–H groups in total. The molecule has 0 saturated carbocycles. The van der Waals surface area contributed by atoms with Gasteiger partial charge in [0.1, 0.15) is 0 Å². The maximum absolute atomic E-state index is 3.29. The van der Waals surface area contributed by atoms with Crippen molar-refractivity contribution in [3.8, 4) is 0 Å². The van der Waals surface area contributed by atoms with Gasteiger partial charge in [-0.05, 0) is 0 Å². The normalized spacial score (nSPS) is 5.00. The average molecular weight is 230 g/mol. The van der Waals surface area contributed by atoms with E-state index in [2.05, 4.69) is 21.6 Å². The molecule has 0 amide bonds. The maximum atomic E-state index is 3.29. The maximum Gasteiger partial charge on any atom is 3.00 e. The fourth-order valence-corrected chi connectivity index (χ4v) is 0.144. The molecule has 0 aliphatic rings. The standard InChI is InChI=1S/C2H2N3.2ClH.Zr/c1-2-4-5-3-1;;;/h1H,(H,3,4,5);2*1H;/q-1;;;+3/p-2. The van der Waals surface area contributed by atoms with Crippen LogP contribution in [0.25, 0.3) is 0 Å². The summed E-state index contributed by atoms with van der Waals surface area (Å²) in [5.74, 6) is 0.